The summed E-state index contributed by atoms with van der Waals surface area (Å²) in [6.07, 6.45) is 1.90. The van der Waals surface area contributed by atoms with Crippen LogP contribution in [0.2, 0.25) is 0 Å². The Morgan fingerprint density at radius 2 is 2.19 bits per heavy atom. The zero-order chi connectivity index (χ0) is 21.8. The average molecular weight is 430 g/mol. The maximum atomic E-state index is 13.3. The molecular weight excluding hydrogens is 398 g/mol. The van der Waals surface area contributed by atoms with Crippen molar-refractivity contribution in [3.63, 3.8) is 0 Å². The number of aromatic nitrogens is 2. The predicted octanol–water partition coefficient (Wildman–Crippen LogP) is 1.82. The van der Waals surface area contributed by atoms with E-state index in [9.17, 15) is 9.59 Å². The van der Waals surface area contributed by atoms with Gasteiger partial charge in [-0.3, -0.25) is 9.48 Å². The standard InChI is InChI=1S/C22H31N5O4/c1-15(27(16-8-9-16)21(28)19-14-23-11-13-31-19)20-17-6-3-4-7-18(17)26(25-20)12-5-10-24-22(29)30-2/h3-4,6-7,15-16,19,23H,5,8-14H2,1-2H3,(H,24,29)/t15?,19-/m1/s1. The molecule has 4 rings (SSSR count). The molecule has 0 radical (unpaired) electrons. The fourth-order valence-corrected chi connectivity index (χ4v) is 4.19. The molecule has 2 N–H and O–H groups in total. The topological polar surface area (TPSA) is 97.7 Å². The van der Waals surface area contributed by atoms with Crippen LogP contribution in [0.25, 0.3) is 10.9 Å². The van der Waals surface area contributed by atoms with E-state index in [0.29, 0.717) is 26.2 Å². The molecule has 1 unspecified atom stereocenters. The summed E-state index contributed by atoms with van der Waals surface area (Å²) in [6.45, 7) is 5.11. The van der Waals surface area contributed by atoms with Crippen molar-refractivity contribution < 1.29 is 19.1 Å². The molecule has 31 heavy (non-hydrogen) atoms. The molecule has 1 aromatic heterocycles. The Labute approximate surface area is 182 Å². The van der Waals surface area contributed by atoms with Gasteiger partial charge in [-0.05, 0) is 32.3 Å². The van der Waals surface area contributed by atoms with Gasteiger partial charge < -0.3 is 25.0 Å². The lowest BCUT2D eigenvalue weighted by atomic mass is 10.1. The minimum absolute atomic E-state index is 0.0445. The van der Waals surface area contributed by atoms with Gasteiger partial charge in [0.15, 0.2) is 0 Å². The van der Waals surface area contributed by atoms with Crippen LogP contribution in [0.3, 0.4) is 0 Å². The summed E-state index contributed by atoms with van der Waals surface area (Å²) in [7, 11) is 1.35. The molecule has 1 aliphatic carbocycles. The normalized spacial score (nSPS) is 19.7. The maximum Gasteiger partial charge on any atom is 0.406 e. The van der Waals surface area contributed by atoms with Crippen LogP contribution in [0.5, 0.6) is 0 Å². The largest absolute Gasteiger partial charge is 0.453 e. The smallest absolute Gasteiger partial charge is 0.406 e. The fourth-order valence-electron chi connectivity index (χ4n) is 4.19. The van der Waals surface area contributed by atoms with E-state index < -0.39 is 12.2 Å². The number of benzene rings is 1. The molecule has 9 heteroatoms. The lowest BCUT2D eigenvalue weighted by molar-refractivity contribution is -0.148. The van der Waals surface area contributed by atoms with E-state index in [1.807, 2.05) is 27.8 Å². The van der Waals surface area contributed by atoms with Gasteiger partial charge in [0, 0.05) is 37.6 Å². The number of methoxy groups -OCH3 is 1. The van der Waals surface area contributed by atoms with E-state index in [-0.39, 0.29) is 18.0 Å². The molecule has 1 saturated carbocycles. The van der Waals surface area contributed by atoms with E-state index in [2.05, 4.69) is 28.4 Å². The molecule has 1 aromatic carbocycles. The molecule has 2 aliphatic rings. The molecule has 2 aromatic rings. The SMILES string of the molecule is COC(=O)NCCCn1nc(C(C)N(C(=O)[C@H]2CNCCO2)C2CC2)c2ccccc21. The maximum absolute atomic E-state index is 13.3. The van der Waals surface area contributed by atoms with Gasteiger partial charge in [0.25, 0.3) is 5.91 Å². The van der Waals surface area contributed by atoms with Crippen LogP contribution in [0.15, 0.2) is 24.3 Å². The van der Waals surface area contributed by atoms with Crippen molar-refractivity contribution in [2.75, 3.05) is 33.4 Å². The number of amides is 2. The molecule has 2 fully saturated rings. The number of para-hydroxylation sites is 1. The lowest BCUT2D eigenvalue weighted by Gasteiger charge is -2.33. The number of nitrogens with one attached hydrogen (secondary N) is 2. The molecule has 0 bridgehead atoms. The number of hydrogen-bond acceptors (Lipinski definition) is 6. The van der Waals surface area contributed by atoms with E-state index in [0.717, 1.165) is 42.4 Å². The van der Waals surface area contributed by atoms with E-state index in [1.165, 1.54) is 7.11 Å². The highest BCUT2D eigenvalue weighted by Crippen LogP contribution is 2.37. The Hall–Kier alpha value is -2.65. The van der Waals surface area contributed by atoms with Gasteiger partial charge in [0.05, 0.1) is 31.0 Å². The summed E-state index contributed by atoms with van der Waals surface area (Å²) < 4.78 is 12.3. The first kappa shape index (κ1) is 21.6. The molecule has 2 heterocycles. The Kier molecular flexibility index (Phi) is 6.72. The van der Waals surface area contributed by atoms with Gasteiger partial charge >= 0.3 is 6.09 Å². The van der Waals surface area contributed by atoms with Crippen molar-refractivity contribution in [1.29, 1.82) is 0 Å². The van der Waals surface area contributed by atoms with Gasteiger partial charge in [-0.1, -0.05) is 18.2 Å². The molecule has 0 spiro atoms. The second-order valence-corrected chi connectivity index (χ2v) is 8.11. The van der Waals surface area contributed by atoms with E-state index in [4.69, 9.17) is 9.84 Å². The summed E-state index contributed by atoms with van der Waals surface area (Å²) in [5.41, 5.74) is 1.93. The highest BCUT2D eigenvalue weighted by atomic mass is 16.5. The van der Waals surface area contributed by atoms with Crippen LogP contribution in [-0.4, -0.2) is 72.2 Å². The van der Waals surface area contributed by atoms with Crippen molar-refractivity contribution in [1.82, 2.24) is 25.3 Å². The zero-order valence-corrected chi connectivity index (χ0v) is 18.2. The van der Waals surface area contributed by atoms with Crippen molar-refractivity contribution in [2.45, 2.75) is 50.9 Å². The number of carbonyl (C=O) groups excluding carboxylic acids is 2. The van der Waals surface area contributed by atoms with Crippen molar-refractivity contribution in [3.05, 3.63) is 30.0 Å². The highest BCUT2D eigenvalue weighted by molar-refractivity contribution is 5.85. The second-order valence-electron chi connectivity index (χ2n) is 8.11. The summed E-state index contributed by atoms with van der Waals surface area (Å²) in [5, 5.41) is 11.9. The van der Waals surface area contributed by atoms with Crippen molar-refractivity contribution >= 4 is 22.9 Å². The van der Waals surface area contributed by atoms with Gasteiger partial charge in [-0.2, -0.15) is 5.10 Å². The zero-order valence-electron chi connectivity index (χ0n) is 18.2. The molecule has 1 saturated heterocycles. The third-order valence-corrected chi connectivity index (χ3v) is 5.90. The molecule has 1 aliphatic heterocycles. The third-order valence-electron chi connectivity index (χ3n) is 5.90. The fraction of sp³-hybridized carbons (Fsp3) is 0.591. The summed E-state index contributed by atoms with van der Waals surface area (Å²) >= 11 is 0. The summed E-state index contributed by atoms with van der Waals surface area (Å²) in [6, 6.07) is 8.20. The molecule has 2 amide bonds. The van der Waals surface area contributed by atoms with Crippen LogP contribution in [0, 0.1) is 0 Å². The Balaban J connectivity index is 1.54. The number of morpholine rings is 1. The Morgan fingerprint density at radius 1 is 1.39 bits per heavy atom. The molecule has 168 valence electrons. The van der Waals surface area contributed by atoms with Crippen LogP contribution in [0.4, 0.5) is 4.79 Å². The monoisotopic (exact) mass is 429 g/mol. The first-order chi connectivity index (χ1) is 15.1. The second kappa shape index (κ2) is 9.65. The Morgan fingerprint density at radius 3 is 2.90 bits per heavy atom. The first-order valence-electron chi connectivity index (χ1n) is 11.0. The quantitative estimate of drug-likeness (QED) is 0.622. The number of carbonyl (C=O) groups is 2. The van der Waals surface area contributed by atoms with Gasteiger partial charge in [0.2, 0.25) is 0 Å². The summed E-state index contributed by atoms with van der Waals surface area (Å²) in [5.74, 6) is 0.0445. The van der Waals surface area contributed by atoms with Crippen molar-refractivity contribution in [3.8, 4) is 0 Å². The lowest BCUT2D eigenvalue weighted by Crippen LogP contribution is -2.50. The van der Waals surface area contributed by atoms with E-state index >= 15 is 0 Å². The number of nitrogens with zero attached hydrogens (tertiary/aromatic N) is 3. The van der Waals surface area contributed by atoms with Crippen LogP contribution in [0.1, 0.15) is 37.9 Å². The van der Waals surface area contributed by atoms with Gasteiger partial charge in [0.1, 0.15) is 6.10 Å². The minimum Gasteiger partial charge on any atom is -0.453 e. The average Bonchev–Trinajstić information content (AvgIpc) is 3.57. The molecule has 9 nitrogen and oxygen atoms in total. The van der Waals surface area contributed by atoms with Crippen LogP contribution < -0.4 is 10.6 Å². The predicted molar refractivity (Wildman–Crippen MR) is 116 cm³/mol. The van der Waals surface area contributed by atoms with Gasteiger partial charge in [-0.25, -0.2) is 4.79 Å². The number of hydrogen-bond donors (Lipinski definition) is 2. The Bertz CT molecular complexity index is 920. The van der Waals surface area contributed by atoms with Crippen molar-refractivity contribution in [2.24, 2.45) is 0 Å². The molecule has 2 atom stereocenters. The number of fused-ring (bicyclic) bond motifs is 1. The molecular formula is C22H31N5O4. The highest BCUT2D eigenvalue weighted by Gasteiger charge is 2.41. The first-order valence-corrected chi connectivity index (χ1v) is 11.0. The number of ether oxygens (including phenoxy) is 2. The minimum atomic E-state index is -0.436. The third kappa shape index (κ3) is 4.83. The van der Waals surface area contributed by atoms with Gasteiger partial charge in [-0.15, -0.1) is 0 Å². The number of alkyl carbamates (subject to hydrolysis) is 1. The number of rotatable bonds is 8. The summed E-state index contributed by atoms with van der Waals surface area (Å²) in [4.78, 5) is 26.6. The van der Waals surface area contributed by atoms with E-state index in [1.54, 1.807) is 0 Å². The van der Waals surface area contributed by atoms with Crippen LogP contribution >= 0.6 is 0 Å². The number of aryl methyl sites for hydroxylation is 1. The van der Waals surface area contributed by atoms with Crippen LogP contribution in [-0.2, 0) is 20.8 Å².